The van der Waals surface area contributed by atoms with E-state index in [1.165, 1.54) is 5.56 Å². The van der Waals surface area contributed by atoms with Gasteiger partial charge in [-0.3, -0.25) is 0 Å². The number of alkyl halides is 1. The van der Waals surface area contributed by atoms with E-state index in [1.54, 1.807) is 0 Å². The van der Waals surface area contributed by atoms with E-state index in [-0.39, 0.29) is 10.9 Å². The van der Waals surface area contributed by atoms with Gasteiger partial charge in [0.25, 0.3) is 0 Å². The molecule has 1 aliphatic carbocycles. The fraction of sp³-hybridized carbons (Fsp3) is 0.250. The van der Waals surface area contributed by atoms with E-state index < -0.39 is 17.0 Å². The first-order valence-corrected chi connectivity index (χ1v) is 7.23. The number of benzene rings is 2. The zero-order valence-corrected chi connectivity index (χ0v) is 12.0. The van der Waals surface area contributed by atoms with E-state index >= 15 is 0 Å². The van der Waals surface area contributed by atoms with Gasteiger partial charge in [-0.1, -0.05) is 41.9 Å². The number of hydrogen-bond acceptors (Lipinski definition) is 0. The summed E-state index contributed by atoms with van der Waals surface area (Å²) in [5.74, 6) is -1.28. The van der Waals surface area contributed by atoms with Gasteiger partial charge < -0.3 is 0 Å². The van der Waals surface area contributed by atoms with Gasteiger partial charge in [-0.25, -0.2) is 8.78 Å². The first kappa shape index (κ1) is 13.8. The molecule has 0 nitrogen and oxygen atoms in total. The van der Waals surface area contributed by atoms with Crippen LogP contribution in [0, 0.1) is 17.6 Å². The smallest absolute Gasteiger partial charge is 0.160 e. The highest BCUT2D eigenvalue weighted by Gasteiger charge is 2.44. The molecule has 3 unspecified atom stereocenters. The molecule has 2 aromatic carbocycles. The molecule has 2 aromatic rings. The fourth-order valence-corrected chi connectivity index (χ4v) is 3.38. The zero-order valence-electron chi connectivity index (χ0n) is 10.5. The Bertz CT molecular complexity index is 628. The van der Waals surface area contributed by atoms with Crippen molar-refractivity contribution in [2.45, 2.75) is 17.7 Å². The van der Waals surface area contributed by atoms with Crippen molar-refractivity contribution in [3.63, 3.8) is 0 Å². The summed E-state index contributed by atoms with van der Waals surface area (Å²) in [6.45, 7) is 0. The molecule has 20 heavy (non-hydrogen) atoms. The van der Waals surface area contributed by atoms with Gasteiger partial charge in [0.1, 0.15) is 0 Å². The molecular weight excluding hydrogens is 301 g/mol. The van der Waals surface area contributed by atoms with Crippen molar-refractivity contribution in [3.05, 3.63) is 70.2 Å². The van der Waals surface area contributed by atoms with Crippen LogP contribution in [0.2, 0.25) is 5.02 Å². The molecule has 3 atom stereocenters. The normalized spacial score (nSPS) is 22.6. The Hall–Kier alpha value is -1.12. The molecule has 0 spiro atoms. The maximum Gasteiger partial charge on any atom is 0.160 e. The van der Waals surface area contributed by atoms with Crippen molar-refractivity contribution in [1.82, 2.24) is 0 Å². The zero-order chi connectivity index (χ0) is 14.3. The number of halogens is 4. The van der Waals surface area contributed by atoms with Crippen molar-refractivity contribution in [1.29, 1.82) is 0 Å². The van der Waals surface area contributed by atoms with E-state index in [4.69, 9.17) is 23.2 Å². The minimum atomic E-state index is -0.946. The summed E-state index contributed by atoms with van der Waals surface area (Å²) in [6.07, 6.45) is 0.938. The molecule has 1 saturated carbocycles. The van der Waals surface area contributed by atoms with Crippen molar-refractivity contribution in [2.75, 3.05) is 0 Å². The summed E-state index contributed by atoms with van der Waals surface area (Å²) in [4.78, 5) is 0. The summed E-state index contributed by atoms with van der Waals surface area (Å²) in [6, 6.07) is 12.1. The average Bonchev–Trinajstić information content (AvgIpc) is 3.23. The third-order valence-corrected chi connectivity index (χ3v) is 4.67. The van der Waals surface area contributed by atoms with Crippen LogP contribution in [0.5, 0.6) is 0 Å². The molecule has 4 heteroatoms. The third-order valence-electron chi connectivity index (χ3n) is 3.78. The molecule has 3 rings (SSSR count). The largest absolute Gasteiger partial charge is 0.204 e. The SMILES string of the molecule is Fc1cc(Cl)c(C(Cl)C2CC2c2ccccc2)cc1F. The van der Waals surface area contributed by atoms with Crippen LogP contribution in [0.3, 0.4) is 0 Å². The lowest BCUT2D eigenvalue weighted by molar-refractivity contribution is 0.506. The Morgan fingerprint density at radius 2 is 1.70 bits per heavy atom. The molecule has 0 saturated heterocycles. The standard InChI is InChI=1S/C16H12Cl2F2/c17-13-8-15(20)14(19)7-12(13)16(18)11-6-10(11)9-4-2-1-3-5-9/h1-5,7-8,10-11,16H,6H2. The van der Waals surface area contributed by atoms with Crippen molar-refractivity contribution in [2.24, 2.45) is 5.92 Å². The lowest BCUT2D eigenvalue weighted by Gasteiger charge is -2.12. The van der Waals surface area contributed by atoms with Gasteiger partial charge in [0, 0.05) is 5.02 Å². The lowest BCUT2D eigenvalue weighted by Crippen LogP contribution is -1.99. The van der Waals surface area contributed by atoms with Gasteiger partial charge in [0.05, 0.1) is 5.38 Å². The molecule has 0 aliphatic heterocycles. The van der Waals surface area contributed by atoms with Crippen molar-refractivity contribution in [3.8, 4) is 0 Å². The molecule has 0 aromatic heterocycles. The molecule has 0 bridgehead atoms. The third kappa shape index (κ3) is 2.55. The van der Waals surface area contributed by atoms with E-state index in [9.17, 15) is 8.78 Å². The molecule has 104 valence electrons. The topological polar surface area (TPSA) is 0 Å². The van der Waals surface area contributed by atoms with E-state index in [0.717, 1.165) is 18.6 Å². The Labute approximate surface area is 126 Å². The van der Waals surface area contributed by atoms with Crippen LogP contribution in [-0.4, -0.2) is 0 Å². The summed E-state index contributed by atoms with van der Waals surface area (Å²) in [5.41, 5.74) is 1.69. The number of hydrogen-bond donors (Lipinski definition) is 0. The molecule has 1 fully saturated rings. The monoisotopic (exact) mass is 312 g/mol. The highest BCUT2D eigenvalue weighted by Crippen LogP contribution is 2.57. The molecule has 0 N–H and O–H groups in total. The van der Waals surface area contributed by atoms with Gasteiger partial charge in [0.15, 0.2) is 11.6 Å². The Morgan fingerprint density at radius 3 is 2.40 bits per heavy atom. The maximum atomic E-state index is 13.3. The van der Waals surface area contributed by atoms with Crippen LogP contribution < -0.4 is 0 Å². The Kier molecular flexibility index (Phi) is 3.70. The van der Waals surface area contributed by atoms with Gasteiger partial charge in [-0.05, 0) is 41.5 Å². The van der Waals surface area contributed by atoms with E-state index in [0.29, 0.717) is 11.5 Å². The molecule has 1 aliphatic rings. The van der Waals surface area contributed by atoms with Crippen molar-refractivity contribution >= 4 is 23.2 Å². The van der Waals surface area contributed by atoms with Gasteiger partial charge in [-0.2, -0.15) is 0 Å². The van der Waals surface area contributed by atoms with Crippen LogP contribution in [-0.2, 0) is 0 Å². The summed E-state index contributed by atoms with van der Waals surface area (Å²) in [5, 5.41) is -0.217. The summed E-state index contributed by atoms with van der Waals surface area (Å²) >= 11 is 12.4. The van der Waals surface area contributed by atoms with Gasteiger partial charge in [-0.15, -0.1) is 11.6 Å². The predicted octanol–water partition coefficient (Wildman–Crippen LogP) is 5.70. The Morgan fingerprint density at radius 1 is 1.05 bits per heavy atom. The van der Waals surface area contributed by atoms with Crippen LogP contribution in [0.25, 0.3) is 0 Å². The van der Waals surface area contributed by atoms with Crippen LogP contribution in [0.15, 0.2) is 42.5 Å². The molecular formula is C16H12Cl2F2. The number of rotatable bonds is 3. The first-order chi connectivity index (χ1) is 9.58. The fourth-order valence-electron chi connectivity index (χ4n) is 2.60. The van der Waals surface area contributed by atoms with E-state index in [2.05, 4.69) is 12.1 Å². The first-order valence-electron chi connectivity index (χ1n) is 6.41. The second-order valence-electron chi connectivity index (χ2n) is 5.11. The summed E-state index contributed by atoms with van der Waals surface area (Å²) < 4.78 is 26.4. The molecule has 0 amide bonds. The maximum absolute atomic E-state index is 13.3. The highest BCUT2D eigenvalue weighted by molar-refractivity contribution is 6.32. The van der Waals surface area contributed by atoms with Crippen molar-refractivity contribution < 1.29 is 8.78 Å². The summed E-state index contributed by atoms with van der Waals surface area (Å²) in [7, 11) is 0. The van der Waals surface area contributed by atoms with Crippen LogP contribution in [0.1, 0.15) is 28.8 Å². The second kappa shape index (κ2) is 5.34. The minimum Gasteiger partial charge on any atom is -0.204 e. The average molecular weight is 313 g/mol. The quantitative estimate of drug-likeness (QED) is 0.503. The minimum absolute atomic E-state index is 0.183. The molecule has 0 heterocycles. The van der Waals surface area contributed by atoms with Crippen LogP contribution >= 0.6 is 23.2 Å². The molecule has 0 radical (unpaired) electrons. The van der Waals surface area contributed by atoms with Gasteiger partial charge in [0.2, 0.25) is 0 Å². The van der Waals surface area contributed by atoms with Gasteiger partial charge >= 0.3 is 0 Å². The Balaban J connectivity index is 1.82. The lowest BCUT2D eigenvalue weighted by atomic mass is 10.0. The predicted molar refractivity (Wildman–Crippen MR) is 77.3 cm³/mol. The van der Waals surface area contributed by atoms with E-state index in [1.807, 2.05) is 18.2 Å². The second-order valence-corrected chi connectivity index (χ2v) is 5.98. The van der Waals surface area contributed by atoms with Crippen LogP contribution in [0.4, 0.5) is 8.78 Å². The highest BCUT2D eigenvalue weighted by atomic mass is 35.5.